The van der Waals surface area contributed by atoms with Crippen LogP contribution in [-0.4, -0.2) is 11.1 Å². The van der Waals surface area contributed by atoms with E-state index < -0.39 is 11.4 Å². The molecule has 1 aliphatic carbocycles. The molecule has 0 aromatic carbocycles. The van der Waals surface area contributed by atoms with Crippen molar-refractivity contribution >= 4 is 17.3 Å². The van der Waals surface area contributed by atoms with E-state index >= 15 is 0 Å². The van der Waals surface area contributed by atoms with Gasteiger partial charge in [0.1, 0.15) is 0 Å². The summed E-state index contributed by atoms with van der Waals surface area (Å²) >= 11 is 1.65. The molecule has 3 heteroatoms. The summed E-state index contributed by atoms with van der Waals surface area (Å²) in [6.45, 7) is 6.80. The lowest BCUT2D eigenvalue weighted by atomic mass is 9.62. The summed E-state index contributed by atoms with van der Waals surface area (Å²) in [5, 5.41) is 13.8. The maximum Gasteiger partial charge on any atom is 0.309 e. The van der Waals surface area contributed by atoms with Gasteiger partial charge in [-0.1, -0.05) is 20.8 Å². The van der Waals surface area contributed by atoms with Crippen LogP contribution in [0.15, 0.2) is 16.8 Å². The van der Waals surface area contributed by atoms with E-state index in [4.69, 9.17) is 0 Å². The van der Waals surface area contributed by atoms with Gasteiger partial charge in [0.25, 0.3) is 0 Å². The van der Waals surface area contributed by atoms with Gasteiger partial charge in [0.05, 0.1) is 5.41 Å². The Morgan fingerprint density at radius 3 is 2.47 bits per heavy atom. The Morgan fingerprint density at radius 2 is 2.05 bits per heavy atom. The van der Waals surface area contributed by atoms with E-state index in [1.165, 1.54) is 5.56 Å². The molecule has 0 bridgehead atoms. The van der Waals surface area contributed by atoms with Crippen molar-refractivity contribution in [1.82, 2.24) is 0 Å². The van der Waals surface area contributed by atoms with Gasteiger partial charge in [-0.05, 0) is 65.8 Å². The van der Waals surface area contributed by atoms with Crippen molar-refractivity contribution in [3.8, 4) is 0 Å². The van der Waals surface area contributed by atoms with Crippen LogP contribution in [0.25, 0.3) is 0 Å². The highest BCUT2D eigenvalue weighted by Crippen LogP contribution is 2.47. The Kier molecular flexibility index (Phi) is 4.05. The van der Waals surface area contributed by atoms with Gasteiger partial charge in [-0.2, -0.15) is 11.3 Å². The average Bonchev–Trinajstić information content (AvgIpc) is 2.81. The molecule has 1 saturated carbocycles. The minimum atomic E-state index is -0.606. The number of rotatable bonds is 3. The van der Waals surface area contributed by atoms with Crippen molar-refractivity contribution in [1.29, 1.82) is 0 Å². The van der Waals surface area contributed by atoms with Crippen LogP contribution < -0.4 is 0 Å². The van der Waals surface area contributed by atoms with E-state index in [0.29, 0.717) is 17.8 Å². The second-order valence-electron chi connectivity index (χ2n) is 7.03. The van der Waals surface area contributed by atoms with Crippen LogP contribution >= 0.6 is 11.3 Å². The van der Waals surface area contributed by atoms with E-state index in [2.05, 4.69) is 32.2 Å². The van der Waals surface area contributed by atoms with Crippen LogP contribution in [0.2, 0.25) is 0 Å². The van der Waals surface area contributed by atoms with Crippen molar-refractivity contribution in [2.75, 3.05) is 0 Å². The number of aliphatic carboxylic acids is 1. The first-order chi connectivity index (χ1) is 8.83. The first kappa shape index (κ1) is 14.6. The molecule has 1 N–H and O–H groups in total. The highest BCUT2D eigenvalue weighted by Gasteiger charge is 2.44. The summed E-state index contributed by atoms with van der Waals surface area (Å²) in [5.41, 5.74) is 0.956. The molecule has 0 saturated heterocycles. The van der Waals surface area contributed by atoms with Crippen LogP contribution in [0.3, 0.4) is 0 Å². The molecule has 2 nitrogen and oxygen atoms in total. The summed E-state index contributed by atoms with van der Waals surface area (Å²) in [4.78, 5) is 11.8. The Bertz CT molecular complexity index is 420. The van der Waals surface area contributed by atoms with E-state index in [9.17, 15) is 9.90 Å². The third kappa shape index (κ3) is 3.19. The molecule has 19 heavy (non-hydrogen) atoms. The maximum atomic E-state index is 11.8. The van der Waals surface area contributed by atoms with Gasteiger partial charge < -0.3 is 5.11 Å². The van der Waals surface area contributed by atoms with Gasteiger partial charge in [0.2, 0.25) is 0 Å². The van der Waals surface area contributed by atoms with Crippen LogP contribution in [0, 0.1) is 16.7 Å². The first-order valence-corrected chi connectivity index (χ1v) is 8.02. The molecule has 0 radical (unpaired) electrons. The molecule has 2 rings (SSSR count). The second-order valence-corrected chi connectivity index (χ2v) is 7.81. The lowest BCUT2D eigenvalue weighted by molar-refractivity contribution is -0.152. The third-order valence-corrected chi connectivity index (χ3v) is 5.48. The van der Waals surface area contributed by atoms with Gasteiger partial charge >= 0.3 is 5.97 Å². The lowest BCUT2D eigenvalue weighted by Crippen LogP contribution is -2.39. The standard InChI is InChI=1S/C16H24O2S/c1-15(2,3)13-4-7-16(8-5-13,14(17)18)10-12-6-9-19-11-12/h6,9,11,13H,4-5,7-8,10H2,1-3H3,(H,17,18). The zero-order valence-electron chi connectivity index (χ0n) is 12.1. The Labute approximate surface area is 119 Å². The van der Waals surface area contributed by atoms with Gasteiger partial charge in [-0.25, -0.2) is 0 Å². The quantitative estimate of drug-likeness (QED) is 0.878. The van der Waals surface area contributed by atoms with E-state index in [1.807, 2.05) is 5.38 Å². The number of hydrogen-bond acceptors (Lipinski definition) is 2. The van der Waals surface area contributed by atoms with E-state index in [1.54, 1.807) is 11.3 Å². The zero-order valence-corrected chi connectivity index (χ0v) is 12.9. The molecule has 0 aliphatic heterocycles. The van der Waals surface area contributed by atoms with Crippen molar-refractivity contribution in [2.24, 2.45) is 16.7 Å². The van der Waals surface area contributed by atoms with Crippen LogP contribution in [0.5, 0.6) is 0 Å². The van der Waals surface area contributed by atoms with Gasteiger partial charge in [-0.15, -0.1) is 0 Å². The summed E-state index contributed by atoms with van der Waals surface area (Å²) in [5.74, 6) is 0.0495. The average molecular weight is 280 g/mol. The maximum absolute atomic E-state index is 11.8. The molecule has 1 fully saturated rings. The van der Waals surface area contributed by atoms with Crippen molar-refractivity contribution in [3.05, 3.63) is 22.4 Å². The van der Waals surface area contributed by atoms with E-state index in [0.717, 1.165) is 25.7 Å². The molecule has 0 spiro atoms. The predicted octanol–water partition coefficient (Wildman–Crippen LogP) is 4.60. The fourth-order valence-electron chi connectivity index (χ4n) is 3.29. The number of carbonyl (C=O) groups is 1. The Balaban J connectivity index is 2.09. The largest absolute Gasteiger partial charge is 0.481 e. The molecular weight excluding hydrogens is 256 g/mol. The second kappa shape index (κ2) is 5.28. The lowest BCUT2D eigenvalue weighted by Gasteiger charge is -2.41. The first-order valence-electron chi connectivity index (χ1n) is 7.08. The van der Waals surface area contributed by atoms with Gasteiger partial charge in [0.15, 0.2) is 0 Å². The molecule has 1 aliphatic rings. The number of thiophene rings is 1. The van der Waals surface area contributed by atoms with Crippen LogP contribution in [0.4, 0.5) is 0 Å². The monoisotopic (exact) mass is 280 g/mol. The van der Waals surface area contributed by atoms with Gasteiger partial charge in [0, 0.05) is 0 Å². The van der Waals surface area contributed by atoms with Crippen LogP contribution in [-0.2, 0) is 11.2 Å². The van der Waals surface area contributed by atoms with E-state index in [-0.39, 0.29) is 0 Å². The SMILES string of the molecule is CC(C)(C)C1CCC(Cc2ccsc2)(C(=O)O)CC1. The highest BCUT2D eigenvalue weighted by atomic mass is 32.1. The number of carboxylic acid groups (broad SMARTS) is 1. The topological polar surface area (TPSA) is 37.3 Å². The Morgan fingerprint density at radius 1 is 1.42 bits per heavy atom. The fraction of sp³-hybridized carbons (Fsp3) is 0.688. The highest BCUT2D eigenvalue weighted by molar-refractivity contribution is 7.07. The molecule has 1 heterocycles. The smallest absolute Gasteiger partial charge is 0.309 e. The summed E-state index contributed by atoms with van der Waals surface area (Å²) in [6.07, 6.45) is 4.42. The fourth-order valence-corrected chi connectivity index (χ4v) is 3.96. The molecule has 0 atom stereocenters. The van der Waals surface area contributed by atoms with Crippen molar-refractivity contribution in [3.63, 3.8) is 0 Å². The predicted molar refractivity (Wildman–Crippen MR) is 79.5 cm³/mol. The van der Waals surface area contributed by atoms with Crippen LogP contribution in [0.1, 0.15) is 52.0 Å². The van der Waals surface area contributed by atoms with Crippen molar-refractivity contribution < 1.29 is 9.90 Å². The molecule has 0 amide bonds. The summed E-state index contributed by atoms with van der Waals surface area (Å²) in [6, 6.07) is 2.06. The number of carboxylic acids is 1. The summed E-state index contributed by atoms with van der Waals surface area (Å²) in [7, 11) is 0. The minimum Gasteiger partial charge on any atom is -0.481 e. The van der Waals surface area contributed by atoms with Crippen molar-refractivity contribution in [2.45, 2.75) is 52.9 Å². The Hall–Kier alpha value is -0.830. The molecular formula is C16H24O2S. The van der Waals surface area contributed by atoms with Gasteiger partial charge in [-0.3, -0.25) is 4.79 Å². The normalized spacial score (nSPS) is 28.3. The minimum absolute atomic E-state index is 0.299. The zero-order chi connectivity index (χ0) is 14.1. The molecule has 106 valence electrons. The molecule has 0 unspecified atom stereocenters. The third-order valence-electron chi connectivity index (χ3n) is 4.74. The number of hydrogen-bond donors (Lipinski definition) is 1. The molecule has 1 aromatic rings. The summed E-state index contributed by atoms with van der Waals surface area (Å²) < 4.78 is 0. The molecule has 1 aromatic heterocycles.